The molecule has 0 radical (unpaired) electrons. The van der Waals surface area contributed by atoms with Crippen molar-refractivity contribution >= 4 is 29.3 Å². The lowest BCUT2D eigenvalue weighted by Gasteiger charge is -2.46. The highest BCUT2D eigenvalue weighted by molar-refractivity contribution is 6.30. The summed E-state index contributed by atoms with van der Waals surface area (Å²) in [6.07, 6.45) is 5.49. The summed E-state index contributed by atoms with van der Waals surface area (Å²) in [6.45, 7) is 11.0. The molecule has 8 nitrogen and oxygen atoms in total. The number of halogens is 1. The summed E-state index contributed by atoms with van der Waals surface area (Å²) >= 11 is 6.14. The summed E-state index contributed by atoms with van der Waals surface area (Å²) in [5.74, 6) is 0.571. The van der Waals surface area contributed by atoms with Crippen LogP contribution in [-0.2, 0) is 27.2 Å². The highest BCUT2D eigenvalue weighted by Crippen LogP contribution is 2.28. The van der Waals surface area contributed by atoms with Crippen LogP contribution in [0.1, 0.15) is 75.6 Å². The first-order valence-electron chi connectivity index (χ1n) is 16.8. The minimum Gasteiger partial charge on any atom is -0.344 e. The Kier molecular flexibility index (Phi) is 11.6. The van der Waals surface area contributed by atoms with Crippen LogP contribution >= 0.6 is 11.6 Å². The summed E-state index contributed by atoms with van der Waals surface area (Å²) in [7, 11) is 0. The number of amides is 3. The summed E-state index contributed by atoms with van der Waals surface area (Å²) < 4.78 is 0. The fourth-order valence-electron chi connectivity index (χ4n) is 7.44. The van der Waals surface area contributed by atoms with Crippen LogP contribution in [0.4, 0.5) is 0 Å². The van der Waals surface area contributed by atoms with Crippen molar-refractivity contribution in [2.75, 3.05) is 39.3 Å². The first kappa shape index (κ1) is 33.4. The van der Waals surface area contributed by atoms with Gasteiger partial charge in [-0.2, -0.15) is 0 Å². The van der Waals surface area contributed by atoms with Crippen LogP contribution in [-0.4, -0.2) is 89.8 Å². The average molecular weight is 636 g/mol. The Bertz CT molecular complexity index is 1300. The molecule has 2 saturated heterocycles. The van der Waals surface area contributed by atoms with Gasteiger partial charge in [0.2, 0.25) is 17.7 Å². The van der Waals surface area contributed by atoms with Gasteiger partial charge in [-0.15, -0.1) is 0 Å². The molecule has 0 unspecified atom stereocenters. The number of carbonyl (C=O) groups excluding carboxylic acids is 3. The molecule has 3 heterocycles. The Morgan fingerprint density at radius 3 is 2.18 bits per heavy atom. The van der Waals surface area contributed by atoms with Gasteiger partial charge in [-0.25, -0.2) is 0 Å². The minimum absolute atomic E-state index is 0.0149. The number of likely N-dealkylation sites (tertiary alicyclic amines) is 2. The quantitative estimate of drug-likeness (QED) is 0.399. The van der Waals surface area contributed by atoms with Crippen LogP contribution in [0, 0.1) is 5.92 Å². The number of nitrogens with zero attached hydrogens (tertiary/aromatic N) is 3. The summed E-state index contributed by atoms with van der Waals surface area (Å²) in [4.78, 5) is 46.0. The molecule has 45 heavy (non-hydrogen) atoms. The van der Waals surface area contributed by atoms with Crippen molar-refractivity contribution in [3.63, 3.8) is 0 Å². The van der Waals surface area contributed by atoms with E-state index in [0.29, 0.717) is 42.5 Å². The second-order valence-corrected chi connectivity index (χ2v) is 13.9. The van der Waals surface area contributed by atoms with Crippen LogP contribution < -0.4 is 10.6 Å². The van der Waals surface area contributed by atoms with Gasteiger partial charge in [0, 0.05) is 75.6 Å². The van der Waals surface area contributed by atoms with Gasteiger partial charge < -0.3 is 20.4 Å². The Morgan fingerprint density at radius 2 is 1.56 bits per heavy atom. The molecule has 0 aliphatic carbocycles. The van der Waals surface area contributed by atoms with Crippen LogP contribution in [0.25, 0.3) is 0 Å². The standard InChI is InChI=1S/C36H50ClN5O3/c1-25(2)24-42(30-13-18-40(19-14-30)26(3)43)31-15-20-41(21-16-31)36(45)34(22-27-8-10-29(37)11-9-27)39-35(44)23-33-32-7-5-4-6-28(32)12-17-38-33/h4-11,25,30-31,33-34,38H,12-24H2,1-3H3,(H,39,44)/t33-,34-/m1/s1. The maximum atomic E-state index is 14.1. The van der Waals surface area contributed by atoms with Gasteiger partial charge in [-0.05, 0) is 73.4 Å². The number of piperidine rings is 2. The van der Waals surface area contributed by atoms with Crippen molar-refractivity contribution in [2.45, 2.75) is 89.9 Å². The molecule has 0 spiro atoms. The molecule has 3 aliphatic rings. The van der Waals surface area contributed by atoms with Crippen molar-refractivity contribution < 1.29 is 14.4 Å². The zero-order chi connectivity index (χ0) is 31.9. The van der Waals surface area contributed by atoms with Crippen molar-refractivity contribution in [1.29, 1.82) is 0 Å². The van der Waals surface area contributed by atoms with Crippen LogP contribution in [0.3, 0.4) is 0 Å². The molecular formula is C36H50ClN5O3. The van der Waals surface area contributed by atoms with E-state index in [9.17, 15) is 14.4 Å². The van der Waals surface area contributed by atoms with E-state index < -0.39 is 6.04 Å². The second kappa shape index (κ2) is 15.6. The van der Waals surface area contributed by atoms with Crippen molar-refractivity contribution in [1.82, 2.24) is 25.3 Å². The topological polar surface area (TPSA) is 85.0 Å². The molecule has 2 atom stereocenters. The number of fused-ring (bicyclic) bond motifs is 1. The number of rotatable bonds is 10. The largest absolute Gasteiger partial charge is 0.344 e. The van der Waals surface area contributed by atoms with E-state index in [-0.39, 0.29) is 30.2 Å². The van der Waals surface area contributed by atoms with E-state index in [1.807, 2.05) is 46.2 Å². The van der Waals surface area contributed by atoms with Crippen molar-refractivity contribution in [3.8, 4) is 0 Å². The molecule has 2 N–H and O–H groups in total. The maximum Gasteiger partial charge on any atom is 0.245 e. The Balaban J connectivity index is 1.23. The highest BCUT2D eigenvalue weighted by atomic mass is 35.5. The highest BCUT2D eigenvalue weighted by Gasteiger charge is 2.35. The smallest absolute Gasteiger partial charge is 0.245 e. The van der Waals surface area contributed by atoms with E-state index in [1.54, 1.807) is 6.92 Å². The Hall–Kier alpha value is -2.94. The average Bonchev–Trinajstić information content (AvgIpc) is 3.04. The van der Waals surface area contributed by atoms with E-state index in [2.05, 4.69) is 41.5 Å². The third kappa shape index (κ3) is 8.87. The molecule has 2 fully saturated rings. The monoisotopic (exact) mass is 635 g/mol. The minimum atomic E-state index is -0.642. The third-order valence-electron chi connectivity index (χ3n) is 9.79. The molecule has 5 rings (SSSR count). The van der Waals surface area contributed by atoms with Gasteiger partial charge in [0.15, 0.2) is 0 Å². The van der Waals surface area contributed by atoms with E-state index in [1.165, 1.54) is 11.1 Å². The lowest BCUT2D eigenvalue weighted by atomic mass is 9.92. The molecular weight excluding hydrogens is 586 g/mol. The first-order chi connectivity index (χ1) is 21.7. The number of hydrogen-bond acceptors (Lipinski definition) is 5. The Morgan fingerprint density at radius 1 is 0.933 bits per heavy atom. The molecule has 244 valence electrons. The maximum absolute atomic E-state index is 14.1. The van der Waals surface area contributed by atoms with Crippen LogP contribution in [0.5, 0.6) is 0 Å². The predicted molar refractivity (Wildman–Crippen MR) is 179 cm³/mol. The molecule has 0 bridgehead atoms. The van der Waals surface area contributed by atoms with Gasteiger partial charge in [0.25, 0.3) is 0 Å². The normalized spacial score (nSPS) is 20.3. The Labute approximate surface area is 273 Å². The molecule has 3 aliphatic heterocycles. The van der Waals surface area contributed by atoms with Crippen molar-refractivity contribution in [2.24, 2.45) is 5.92 Å². The molecule has 9 heteroatoms. The fraction of sp³-hybridized carbons (Fsp3) is 0.583. The van der Waals surface area contributed by atoms with Crippen molar-refractivity contribution in [3.05, 3.63) is 70.2 Å². The first-order valence-corrected chi connectivity index (χ1v) is 17.2. The van der Waals surface area contributed by atoms with Gasteiger partial charge in [-0.1, -0.05) is 61.8 Å². The molecule has 0 saturated carbocycles. The van der Waals surface area contributed by atoms with Gasteiger partial charge in [0.05, 0.1) is 0 Å². The van der Waals surface area contributed by atoms with Crippen LogP contribution in [0.2, 0.25) is 5.02 Å². The molecule has 2 aromatic carbocycles. The summed E-state index contributed by atoms with van der Waals surface area (Å²) in [5.41, 5.74) is 3.41. The third-order valence-corrected chi connectivity index (χ3v) is 10.0. The number of carbonyl (C=O) groups is 3. The summed E-state index contributed by atoms with van der Waals surface area (Å²) in [5, 5.41) is 7.28. The van der Waals surface area contributed by atoms with E-state index in [4.69, 9.17) is 11.6 Å². The molecule has 2 aromatic rings. The van der Waals surface area contributed by atoms with Gasteiger partial charge >= 0.3 is 0 Å². The molecule has 3 amide bonds. The van der Waals surface area contributed by atoms with E-state index in [0.717, 1.165) is 63.8 Å². The van der Waals surface area contributed by atoms with Gasteiger partial charge in [-0.3, -0.25) is 19.3 Å². The SMILES string of the molecule is CC(=O)N1CCC(N(CC(C)C)C2CCN(C(=O)[C@@H](Cc3ccc(Cl)cc3)NC(=O)C[C@H]3NCCc4ccccc43)CC2)CC1. The number of benzene rings is 2. The zero-order valence-corrected chi connectivity index (χ0v) is 27.9. The van der Waals surface area contributed by atoms with Crippen LogP contribution in [0.15, 0.2) is 48.5 Å². The summed E-state index contributed by atoms with van der Waals surface area (Å²) in [6, 6.07) is 16.0. The zero-order valence-electron chi connectivity index (χ0n) is 27.1. The number of hydrogen-bond donors (Lipinski definition) is 2. The van der Waals surface area contributed by atoms with Gasteiger partial charge in [0.1, 0.15) is 6.04 Å². The predicted octanol–water partition coefficient (Wildman–Crippen LogP) is 4.60. The lowest BCUT2D eigenvalue weighted by Crippen LogP contribution is -2.56. The fourth-order valence-corrected chi connectivity index (χ4v) is 7.56. The lowest BCUT2D eigenvalue weighted by molar-refractivity contribution is -0.138. The van der Waals surface area contributed by atoms with E-state index >= 15 is 0 Å². The molecule has 0 aromatic heterocycles. The number of nitrogens with one attached hydrogen (secondary N) is 2. The second-order valence-electron chi connectivity index (χ2n) is 13.5.